The van der Waals surface area contributed by atoms with Crippen molar-refractivity contribution in [2.45, 2.75) is 0 Å². The number of aromatic carboxylic acids is 1. The Morgan fingerprint density at radius 3 is 2.83 bits per heavy atom. The summed E-state index contributed by atoms with van der Waals surface area (Å²) < 4.78 is 6.08. The molecule has 1 fully saturated rings. The standard InChI is InChI=1S/C14H14N6O3S/c21-14(22)13-19-11-9(24-13)12(20-1-3-23-4-2-20)18-10(17-11)8-5-15-7-16-6-8/h5,7H,1-4,6H2,(H,15,16)(H,21,22). The van der Waals surface area contributed by atoms with Crippen LogP contribution in [0.2, 0.25) is 0 Å². The van der Waals surface area contributed by atoms with Crippen LogP contribution in [0.3, 0.4) is 0 Å². The van der Waals surface area contributed by atoms with Crippen molar-refractivity contribution < 1.29 is 14.6 Å². The van der Waals surface area contributed by atoms with Crippen LogP contribution < -0.4 is 10.2 Å². The van der Waals surface area contributed by atoms with Gasteiger partial charge in [0.1, 0.15) is 4.70 Å². The molecule has 0 amide bonds. The first-order valence-electron chi connectivity index (χ1n) is 7.41. The molecule has 2 aromatic rings. The van der Waals surface area contributed by atoms with Crippen molar-refractivity contribution >= 4 is 45.4 Å². The third kappa shape index (κ3) is 2.69. The van der Waals surface area contributed by atoms with Crippen molar-refractivity contribution in [2.75, 3.05) is 37.7 Å². The molecule has 0 aromatic carbocycles. The van der Waals surface area contributed by atoms with Gasteiger partial charge in [-0.3, -0.25) is 4.99 Å². The minimum absolute atomic E-state index is 0.0136. The minimum atomic E-state index is -1.06. The van der Waals surface area contributed by atoms with Gasteiger partial charge in [0.2, 0.25) is 5.01 Å². The van der Waals surface area contributed by atoms with Gasteiger partial charge in [0, 0.05) is 24.9 Å². The molecule has 4 rings (SSSR count). The number of anilines is 1. The van der Waals surface area contributed by atoms with Crippen molar-refractivity contribution in [1.29, 1.82) is 0 Å². The lowest BCUT2D eigenvalue weighted by Gasteiger charge is -2.28. The fourth-order valence-corrected chi connectivity index (χ4v) is 3.41. The number of ether oxygens (including phenoxy) is 1. The van der Waals surface area contributed by atoms with Gasteiger partial charge in [0.15, 0.2) is 17.3 Å². The van der Waals surface area contributed by atoms with E-state index in [0.717, 1.165) is 16.9 Å². The normalized spacial score (nSPS) is 17.7. The average molecular weight is 346 g/mol. The van der Waals surface area contributed by atoms with Crippen LogP contribution in [-0.4, -0.2) is 65.2 Å². The number of thiazole rings is 1. The highest BCUT2D eigenvalue weighted by Crippen LogP contribution is 2.31. The molecule has 0 radical (unpaired) electrons. The molecule has 0 aliphatic carbocycles. The number of fused-ring (bicyclic) bond motifs is 1. The maximum absolute atomic E-state index is 11.3. The van der Waals surface area contributed by atoms with E-state index in [0.29, 0.717) is 54.8 Å². The van der Waals surface area contributed by atoms with Gasteiger partial charge >= 0.3 is 5.97 Å². The summed E-state index contributed by atoms with van der Waals surface area (Å²) >= 11 is 1.10. The third-order valence-corrected chi connectivity index (χ3v) is 4.73. The first kappa shape index (κ1) is 15.0. The highest BCUT2D eigenvalue weighted by molar-refractivity contribution is 7.20. The van der Waals surface area contributed by atoms with E-state index in [-0.39, 0.29) is 5.01 Å². The number of aromatic nitrogens is 3. The van der Waals surface area contributed by atoms with E-state index >= 15 is 0 Å². The van der Waals surface area contributed by atoms with Crippen LogP contribution in [-0.2, 0) is 4.74 Å². The van der Waals surface area contributed by atoms with E-state index in [1.54, 1.807) is 12.5 Å². The number of rotatable bonds is 3. The number of carbonyl (C=O) groups is 1. The lowest BCUT2D eigenvalue weighted by Crippen LogP contribution is -2.37. The zero-order valence-corrected chi connectivity index (χ0v) is 13.4. The molecule has 0 saturated carbocycles. The molecular weight excluding hydrogens is 332 g/mol. The van der Waals surface area contributed by atoms with E-state index in [1.807, 2.05) is 0 Å². The molecule has 9 nitrogen and oxygen atoms in total. The molecular formula is C14H14N6O3S. The largest absolute Gasteiger partial charge is 0.476 e. The van der Waals surface area contributed by atoms with Crippen molar-refractivity contribution in [3.63, 3.8) is 0 Å². The van der Waals surface area contributed by atoms with Crippen molar-refractivity contribution in [1.82, 2.24) is 20.3 Å². The zero-order chi connectivity index (χ0) is 16.5. The Hall–Kier alpha value is -2.59. The van der Waals surface area contributed by atoms with E-state index in [4.69, 9.17) is 4.74 Å². The van der Waals surface area contributed by atoms with Crippen LogP contribution in [0, 0.1) is 0 Å². The van der Waals surface area contributed by atoms with Crippen LogP contribution in [0.4, 0.5) is 5.82 Å². The van der Waals surface area contributed by atoms with E-state index in [2.05, 4.69) is 30.2 Å². The number of carboxylic acid groups (broad SMARTS) is 1. The molecule has 1 saturated heterocycles. The average Bonchev–Trinajstić information content (AvgIpc) is 3.07. The number of nitrogens with zero attached hydrogens (tertiary/aromatic N) is 5. The molecule has 0 unspecified atom stereocenters. The van der Waals surface area contributed by atoms with Gasteiger partial charge in [-0.2, -0.15) is 0 Å². The van der Waals surface area contributed by atoms with Crippen molar-refractivity contribution in [3.8, 4) is 0 Å². The molecule has 24 heavy (non-hydrogen) atoms. The molecule has 124 valence electrons. The minimum Gasteiger partial charge on any atom is -0.476 e. The van der Waals surface area contributed by atoms with Gasteiger partial charge in [-0.05, 0) is 0 Å². The summed E-state index contributed by atoms with van der Waals surface area (Å²) in [7, 11) is 0. The van der Waals surface area contributed by atoms with Gasteiger partial charge in [-0.15, -0.1) is 11.3 Å². The van der Waals surface area contributed by atoms with Gasteiger partial charge in [0.05, 0.1) is 26.1 Å². The molecule has 2 aliphatic heterocycles. The molecule has 2 aromatic heterocycles. The Balaban J connectivity index is 1.85. The SMILES string of the molecule is O=C(O)c1nc2nc(C3=CNC=NC3)nc(N3CCOCC3)c2s1. The number of morpholine rings is 1. The molecule has 0 bridgehead atoms. The Kier molecular flexibility index (Phi) is 3.82. The van der Waals surface area contributed by atoms with Gasteiger partial charge < -0.3 is 20.1 Å². The smallest absolute Gasteiger partial charge is 0.365 e. The summed E-state index contributed by atoms with van der Waals surface area (Å²) in [5, 5.41) is 12.2. The van der Waals surface area contributed by atoms with Crippen LogP contribution in [0.15, 0.2) is 11.2 Å². The summed E-state index contributed by atoms with van der Waals surface area (Å²) in [4.78, 5) is 30.8. The van der Waals surface area contributed by atoms with E-state index < -0.39 is 5.97 Å². The molecule has 2 N–H and O–H groups in total. The number of nitrogens with one attached hydrogen (secondary N) is 1. The summed E-state index contributed by atoms with van der Waals surface area (Å²) in [5.41, 5.74) is 1.23. The molecule has 2 aliphatic rings. The monoisotopic (exact) mass is 346 g/mol. The highest BCUT2D eigenvalue weighted by atomic mass is 32.1. The van der Waals surface area contributed by atoms with Crippen LogP contribution in [0.25, 0.3) is 15.9 Å². The second-order valence-electron chi connectivity index (χ2n) is 5.25. The quantitative estimate of drug-likeness (QED) is 0.830. The van der Waals surface area contributed by atoms with Crippen LogP contribution in [0.1, 0.15) is 15.6 Å². The van der Waals surface area contributed by atoms with Crippen LogP contribution >= 0.6 is 11.3 Å². The maximum Gasteiger partial charge on any atom is 0.365 e. The fraction of sp³-hybridized carbons (Fsp3) is 0.357. The van der Waals surface area contributed by atoms with Gasteiger partial charge in [-0.1, -0.05) is 0 Å². The predicted molar refractivity (Wildman–Crippen MR) is 89.7 cm³/mol. The molecule has 0 atom stereocenters. The summed E-state index contributed by atoms with van der Waals surface area (Å²) in [6.07, 6.45) is 3.40. The summed E-state index contributed by atoms with van der Waals surface area (Å²) in [5.74, 6) is 0.157. The Morgan fingerprint density at radius 2 is 2.12 bits per heavy atom. The Bertz CT molecular complexity index is 856. The number of hydrogen-bond donors (Lipinski definition) is 2. The molecule has 0 spiro atoms. The first-order valence-corrected chi connectivity index (χ1v) is 8.22. The van der Waals surface area contributed by atoms with Crippen molar-refractivity contribution in [2.24, 2.45) is 4.99 Å². The zero-order valence-electron chi connectivity index (χ0n) is 12.6. The highest BCUT2D eigenvalue weighted by Gasteiger charge is 2.23. The molecule has 4 heterocycles. The summed E-state index contributed by atoms with van der Waals surface area (Å²) in [6.45, 7) is 3.08. The van der Waals surface area contributed by atoms with E-state index in [1.165, 1.54) is 0 Å². The Morgan fingerprint density at radius 1 is 1.29 bits per heavy atom. The van der Waals surface area contributed by atoms with E-state index in [9.17, 15) is 9.90 Å². The van der Waals surface area contributed by atoms with Crippen LogP contribution in [0.5, 0.6) is 0 Å². The van der Waals surface area contributed by atoms with Gasteiger partial charge in [0.25, 0.3) is 0 Å². The second-order valence-corrected chi connectivity index (χ2v) is 6.25. The first-order chi connectivity index (χ1) is 11.7. The second kappa shape index (κ2) is 6.13. The maximum atomic E-state index is 11.3. The third-order valence-electron chi connectivity index (χ3n) is 3.70. The summed E-state index contributed by atoms with van der Waals surface area (Å²) in [6, 6.07) is 0. The fourth-order valence-electron chi connectivity index (χ4n) is 2.55. The van der Waals surface area contributed by atoms with Crippen molar-refractivity contribution in [3.05, 3.63) is 17.0 Å². The van der Waals surface area contributed by atoms with Gasteiger partial charge in [-0.25, -0.2) is 19.7 Å². The number of aliphatic imine (C=N–C) groups is 1. The number of carboxylic acids is 1. The topological polar surface area (TPSA) is 113 Å². The molecule has 10 heteroatoms. The predicted octanol–water partition coefficient (Wildman–Crippen LogP) is 0.593. The lowest BCUT2D eigenvalue weighted by atomic mass is 10.2. The lowest BCUT2D eigenvalue weighted by molar-refractivity contribution is 0.0696. The number of hydrogen-bond acceptors (Lipinski definition) is 9. The Labute approximate surface area is 140 Å².